The molecule has 1 aromatic carbocycles. The van der Waals surface area contributed by atoms with Crippen molar-refractivity contribution in [2.45, 2.75) is 11.7 Å². The van der Waals surface area contributed by atoms with Gasteiger partial charge in [0.15, 0.2) is 0 Å². The molecule has 24 heavy (non-hydrogen) atoms. The van der Waals surface area contributed by atoms with Crippen LogP contribution in [0.2, 0.25) is 0 Å². The number of anilines is 1. The van der Waals surface area contributed by atoms with Gasteiger partial charge in [0.1, 0.15) is 23.0 Å². The maximum absolute atomic E-state index is 13.0. The lowest BCUT2D eigenvalue weighted by Crippen LogP contribution is -2.39. The molecule has 1 N–H and O–H groups in total. The Labute approximate surface area is 138 Å². The fourth-order valence-electron chi connectivity index (χ4n) is 3.99. The van der Waals surface area contributed by atoms with E-state index in [1.54, 1.807) is 36.3 Å². The minimum Gasteiger partial charge on any atom is -0.497 e. The molecular formula is C17H17NO6. The summed E-state index contributed by atoms with van der Waals surface area (Å²) in [6, 6.07) is 5.16. The fourth-order valence-corrected chi connectivity index (χ4v) is 3.99. The van der Waals surface area contributed by atoms with E-state index in [1.807, 2.05) is 6.08 Å². The van der Waals surface area contributed by atoms with E-state index in [2.05, 4.69) is 0 Å². The van der Waals surface area contributed by atoms with Crippen LogP contribution in [-0.4, -0.2) is 49.5 Å². The number of carboxylic acid groups (broad SMARTS) is 1. The van der Waals surface area contributed by atoms with Crippen molar-refractivity contribution in [1.29, 1.82) is 0 Å². The molecular weight excluding hydrogens is 314 g/mol. The number of carbonyl (C=O) groups is 2. The van der Waals surface area contributed by atoms with Crippen molar-refractivity contribution < 1.29 is 28.9 Å². The SMILES string of the molecule is COc1ccc(N2C[C@]34C=C[C@H](O3)[C@H](C(=O)O)[C@@H]4C2=O)c(OC)c1. The average Bonchev–Trinajstić information content (AvgIpc) is 3.22. The van der Waals surface area contributed by atoms with Crippen molar-refractivity contribution in [3.63, 3.8) is 0 Å². The van der Waals surface area contributed by atoms with Crippen LogP contribution in [0.1, 0.15) is 0 Å². The van der Waals surface area contributed by atoms with Crippen LogP contribution in [0.5, 0.6) is 11.5 Å². The number of rotatable bonds is 4. The molecule has 2 bridgehead atoms. The van der Waals surface area contributed by atoms with Crippen molar-refractivity contribution >= 4 is 17.6 Å². The highest BCUT2D eigenvalue weighted by Crippen LogP contribution is 2.53. The number of hydrogen-bond donors (Lipinski definition) is 1. The Balaban J connectivity index is 1.74. The molecule has 4 rings (SSSR count). The Bertz CT molecular complexity index is 759. The van der Waals surface area contributed by atoms with E-state index in [0.717, 1.165) is 0 Å². The second-order valence-electron chi connectivity index (χ2n) is 6.20. The van der Waals surface area contributed by atoms with Gasteiger partial charge < -0.3 is 24.2 Å². The summed E-state index contributed by atoms with van der Waals surface area (Å²) >= 11 is 0. The predicted molar refractivity (Wildman–Crippen MR) is 83.3 cm³/mol. The number of methoxy groups -OCH3 is 2. The molecule has 0 unspecified atom stereocenters. The van der Waals surface area contributed by atoms with Crippen LogP contribution in [0.25, 0.3) is 0 Å². The molecule has 1 spiro atoms. The molecule has 7 heteroatoms. The molecule has 2 saturated heterocycles. The van der Waals surface area contributed by atoms with Gasteiger partial charge in [-0.3, -0.25) is 9.59 Å². The Hall–Kier alpha value is -2.54. The third-order valence-electron chi connectivity index (χ3n) is 5.06. The Morgan fingerprint density at radius 1 is 1.38 bits per heavy atom. The highest BCUT2D eigenvalue weighted by Gasteiger charge is 2.67. The lowest BCUT2D eigenvalue weighted by molar-refractivity contribution is -0.146. The molecule has 2 fully saturated rings. The van der Waals surface area contributed by atoms with E-state index in [-0.39, 0.29) is 12.5 Å². The molecule has 0 aromatic heterocycles. The number of fused-ring (bicyclic) bond motifs is 1. The Kier molecular flexibility index (Phi) is 3.11. The highest BCUT2D eigenvalue weighted by atomic mass is 16.5. The van der Waals surface area contributed by atoms with Crippen LogP contribution in [0.3, 0.4) is 0 Å². The number of aliphatic carboxylic acids is 1. The third kappa shape index (κ3) is 1.81. The minimum absolute atomic E-state index is 0.252. The number of carbonyl (C=O) groups excluding carboxylic acids is 1. The summed E-state index contributed by atoms with van der Waals surface area (Å²) in [4.78, 5) is 26.1. The molecule has 4 atom stereocenters. The topological polar surface area (TPSA) is 85.3 Å². The van der Waals surface area contributed by atoms with E-state index in [4.69, 9.17) is 14.2 Å². The van der Waals surface area contributed by atoms with Crippen LogP contribution in [0.4, 0.5) is 5.69 Å². The minimum atomic E-state index is -1.01. The zero-order valence-electron chi connectivity index (χ0n) is 13.3. The summed E-state index contributed by atoms with van der Waals surface area (Å²) < 4.78 is 16.4. The highest BCUT2D eigenvalue weighted by molar-refractivity contribution is 6.03. The predicted octanol–water partition coefficient (Wildman–Crippen LogP) is 1.07. The van der Waals surface area contributed by atoms with Crippen molar-refractivity contribution in [3.8, 4) is 11.5 Å². The van der Waals surface area contributed by atoms with Gasteiger partial charge in [-0.2, -0.15) is 0 Å². The smallest absolute Gasteiger partial charge is 0.310 e. The molecule has 0 radical (unpaired) electrons. The summed E-state index contributed by atoms with van der Waals surface area (Å²) in [5, 5.41) is 9.50. The van der Waals surface area contributed by atoms with E-state index in [1.165, 1.54) is 7.11 Å². The number of nitrogens with zero attached hydrogens (tertiary/aromatic N) is 1. The number of amides is 1. The fraction of sp³-hybridized carbons (Fsp3) is 0.412. The summed E-state index contributed by atoms with van der Waals surface area (Å²) in [6.45, 7) is 0.274. The molecule has 3 heterocycles. The van der Waals surface area contributed by atoms with Crippen LogP contribution in [0, 0.1) is 11.8 Å². The molecule has 3 aliphatic heterocycles. The normalized spacial score (nSPS) is 33.0. The Morgan fingerprint density at radius 3 is 2.83 bits per heavy atom. The first-order chi connectivity index (χ1) is 11.5. The van der Waals surface area contributed by atoms with Crippen LogP contribution >= 0.6 is 0 Å². The number of benzene rings is 1. The lowest BCUT2D eigenvalue weighted by Gasteiger charge is -2.23. The van der Waals surface area contributed by atoms with Crippen molar-refractivity contribution in [3.05, 3.63) is 30.4 Å². The average molecular weight is 331 g/mol. The van der Waals surface area contributed by atoms with Gasteiger partial charge in [-0.25, -0.2) is 0 Å². The van der Waals surface area contributed by atoms with Gasteiger partial charge in [0.05, 0.1) is 38.5 Å². The van der Waals surface area contributed by atoms with Gasteiger partial charge in [-0.1, -0.05) is 12.2 Å². The first kappa shape index (κ1) is 15.0. The van der Waals surface area contributed by atoms with Gasteiger partial charge >= 0.3 is 5.97 Å². The van der Waals surface area contributed by atoms with Crippen molar-refractivity contribution in [1.82, 2.24) is 0 Å². The van der Waals surface area contributed by atoms with Gasteiger partial charge in [0, 0.05) is 6.07 Å². The summed E-state index contributed by atoms with van der Waals surface area (Å²) in [6.07, 6.45) is 3.05. The van der Waals surface area contributed by atoms with Gasteiger partial charge in [-0.15, -0.1) is 0 Å². The standard InChI is InChI=1S/C17H17NO6/c1-22-9-3-4-10(12(7-9)23-2)18-8-17-6-5-11(24-17)13(16(20)21)14(17)15(18)19/h3-7,11,13-14H,8H2,1-2H3,(H,20,21)/t11-,13-,14+,17-/m0/s1. The first-order valence-corrected chi connectivity index (χ1v) is 7.64. The number of ether oxygens (including phenoxy) is 3. The van der Waals surface area contributed by atoms with Crippen LogP contribution < -0.4 is 14.4 Å². The molecule has 1 aromatic rings. The molecule has 0 saturated carbocycles. The molecule has 126 valence electrons. The van der Waals surface area contributed by atoms with E-state index in [0.29, 0.717) is 17.2 Å². The largest absolute Gasteiger partial charge is 0.497 e. The molecule has 7 nitrogen and oxygen atoms in total. The summed E-state index contributed by atoms with van der Waals surface area (Å²) in [7, 11) is 3.06. The second-order valence-corrected chi connectivity index (χ2v) is 6.20. The van der Waals surface area contributed by atoms with Gasteiger partial charge in [-0.05, 0) is 12.1 Å². The number of carboxylic acids is 1. The third-order valence-corrected chi connectivity index (χ3v) is 5.06. The van der Waals surface area contributed by atoms with Crippen LogP contribution in [-0.2, 0) is 14.3 Å². The molecule has 1 amide bonds. The zero-order valence-corrected chi connectivity index (χ0v) is 13.3. The maximum Gasteiger partial charge on any atom is 0.310 e. The van der Waals surface area contributed by atoms with E-state index < -0.39 is 29.5 Å². The van der Waals surface area contributed by atoms with E-state index in [9.17, 15) is 14.7 Å². The van der Waals surface area contributed by atoms with Gasteiger partial charge in [0.25, 0.3) is 0 Å². The van der Waals surface area contributed by atoms with Crippen molar-refractivity contribution in [2.75, 3.05) is 25.7 Å². The van der Waals surface area contributed by atoms with Crippen LogP contribution in [0.15, 0.2) is 30.4 Å². The molecule has 0 aliphatic carbocycles. The maximum atomic E-state index is 13.0. The van der Waals surface area contributed by atoms with E-state index >= 15 is 0 Å². The monoisotopic (exact) mass is 331 g/mol. The Morgan fingerprint density at radius 2 is 2.17 bits per heavy atom. The summed E-state index contributed by atoms with van der Waals surface area (Å²) in [5.74, 6) is -1.72. The molecule has 3 aliphatic rings. The first-order valence-electron chi connectivity index (χ1n) is 7.64. The number of hydrogen-bond acceptors (Lipinski definition) is 5. The van der Waals surface area contributed by atoms with Crippen molar-refractivity contribution in [2.24, 2.45) is 11.8 Å². The van der Waals surface area contributed by atoms with Gasteiger partial charge in [0.2, 0.25) is 5.91 Å². The summed E-state index contributed by atoms with van der Waals surface area (Å²) in [5.41, 5.74) is -0.285. The lowest BCUT2D eigenvalue weighted by atomic mass is 9.77. The zero-order chi connectivity index (χ0) is 17.1. The quantitative estimate of drug-likeness (QED) is 0.831. The second kappa shape index (κ2) is 4.98.